The van der Waals surface area contributed by atoms with E-state index in [1.165, 1.54) is 38.5 Å². The van der Waals surface area contributed by atoms with Crippen LogP contribution in [0.15, 0.2) is 18.2 Å². The first-order chi connectivity index (χ1) is 10.9. The standard InChI is InChI=1S/C17H22N2O3S/c20-16(18-10-12-2-1-5-17(9-12)6-7-17)13-3-4-14-11-23(21,22)19-15(14)8-13/h3-4,8,12,19H,1-2,5-7,9-11H2,(H,18,20). The Morgan fingerprint density at radius 3 is 2.91 bits per heavy atom. The van der Waals surface area contributed by atoms with Gasteiger partial charge in [-0.3, -0.25) is 9.52 Å². The van der Waals surface area contributed by atoms with E-state index in [-0.39, 0.29) is 11.7 Å². The molecule has 0 aromatic heterocycles. The summed E-state index contributed by atoms with van der Waals surface area (Å²) in [5, 5.41) is 3.03. The van der Waals surface area contributed by atoms with Crippen molar-refractivity contribution in [3.05, 3.63) is 29.3 Å². The molecule has 1 aromatic rings. The second-order valence-corrected chi connectivity index (χ2v) is 9.13. The van der Waals surface area contributed by atoms with Gasteiger partial charge in [-0.1, -0.05) is 12.5 Å². The van der Waals surface area contributed by atoms with E-state index in [2.05, 4.69) is 10.0 Å². The van der Waals surface area contributed by atoms with Gasteiger partial charge in [0.05, 0.1) is 11.4 Å². The topological polar surface area (TPSA) is 75.3 Å². The number of rotatable bonds is 3. The summed E-state index contributed by atoms with van der Waals surface area (Å²) in [7, 11) is -3.27. The molecule has 1 aromatic carbocycles. The molecule has 23 heavy (non-hydrogen) atoms. The predicted molar refractivity (Wildman–Crippen MR) is 88.6 cm³/mol. The number of sulfonamides is 1. The molecule has 6 heteroatoms. The van der Waals surface area contributed by atoms with Crippen molar-refractivity contribution < 1.29 is 13.2 Å². The molecule has 124 valence electrons. The van der Waals surface area contributed by atoms with Crippen molar-refractivity contribution in [1.82, 2.24) is 5.32 Å². The highest BCUT2D eigenvalue weighted by Gasteiger charge is 2.45. The minimum Gasteiger partial charge on any atom is -0.352 e. The lowest BCUT2D eigenvalue weighted by Gasteiger charge is -2.29. The van der Waals surface area contributed by atoms with Crippen molar-refractivity contribution in [3.8, 4) is 0 Å². The first kappa shape index (κ1) is 15.0. The van der Waals surface area contributed by atoms with Gasteiger partial charge in [0.2, 0.25) is 10.0 Å². The van der Waals surface area contributed by atoms with Crippen LogP contribution in [0.5, 0.6) is 0 Å². The summed E-state index contributed by atoms with van der Waals surface area (Å²) in [6.07, 6.45) is 7.82. The molecule has 1 heterocycles. The summed E-state index contributed by atoms with van der Waals surface area (Å²) in [6, 6.07) is 5.07. The average molecular weight is 334 g/mol. The van der Waals surface area contributed by atoms with Gasteiger partial charge in [0, 0.05) is 12.1 Å². The number of carbonyl (C=O) groups is 1. The van der Waals surface area contributed by atoms with Crippen LogP contribution in [0.4, 0.5) is 5.69 Å². The highest BCUT2D eigenvalue weighted by molar-refractivity contribution is 7.92. The Morgan fingerprint density at radius 1 is 1.30 bits per heavy atom. The highest BCUT2D eigenvalue weighted by Crippen LogP contribution is 2.57. The molecule has 5 nitrogen and oxygen atoms in total. The SMILES string of the molecule is O=C(NCC1CCCC2(CC2)C1)c1ccc2c(c1)NS(=O)(=O)C2. The molecule has 2 N–H and O–H groups in total. The summed E-state index contributed by atoms with van der Waals surface area (Å²) in [5.74, 6) is 0.464. The summed E-state index contributed by atoms with van der Waals surface area (Å²) in [5.41, 5.74) is 2.39. The summed E-state index contributed by atoms with van der Waals surface area (Å²) < 4.78 is 25.6. The third kappa shape index (κ3) is 3.09. The number of amides is 1. The number of fused-ring (bicyclic) bond motifs is 1. The van der Waals surface area contributed by atoms with Gasteiger partial charge in [-0.2, -0.15) is 0 Å². The predicted octanol–water partition coefficient (Wildman–Crippen LogP) is 2.64. The molecule has 3 aliphatic rings. The van der Waals surface area contributed by atoms with Gasteiger partial charge in [0.1, 0.15) is 0 Å². The van der Waals surface area contributed by atoms with Crippen LogP contribution in [-0.4, -0.2) is 20.9 Å². The van der Waals surface area contributed by atoms with Crippen molar-refractivity contribution in [2.75, 3.05) is 11.3 Å². The first-order valence-electron chi connectivity index (χ1n) is 8.36. The number of hydrogen-bond donors (Lipinski definition) is 2. The van der Waals surface area contributed by atoms with Crippen LogP contribution in [0.25, 0.3) is 0 Å². The molecule has 1 atom stereocenters. The van der Waals surface area contributed by atoms with Gasteiger partial charge >= 0.3 is 0 Å². The zero-order valence-electron chi connectivity index (χ0n) is 13.1. The third-order valence-electron chi connectivity index (χ3n) is 5.53. The molecule has 1 amide bonds. The van der Waals surface area contributed by atoms with E-state index in [4.69, 9.17) is 0 Å². The normalized spacial score (nSPS) is 26.3. The van der Waals surface area contributed by atoms with Crippen LogP contribution in [0.2, 0.25) is 0 Å². The van der Waals surface area contributed by atoms with Gasteiger partial charge in [-0.15, -0.1) is 0 Å². The Labute approximate surface area is 136 Å². The maximum atomic E-state index is 12.3. The Morgan fingerprint density at radius 2 is 2.13 bits per heavy atom. The lowest BCUT2D eigenvalue weighted by Crippen LogP contribution is -2.32. The van der Waals surface area contributed by atoms with Crippen LogP contribution < -0.4 is 10.0 Å². The van der Waals surface area contributed by atoms with Crippen molar-refractivity contribution in [1.29, 1.82) is 0 Å². The van der Waals surface area contributed by atoms with E-state index >= 15 is 0 Å². The second-order valence-electron chi connectivity index (χ2n) is 7.41. The molecule has 2 aliphatic carbocycles. The average Bonchev–Trinajstić information content (AvgIpc) is 3.16. The molecule has 4 rings (SSSR count). The van der Waals surface area contributed by atoms with Crippen molar-refractivity contribution >= 4 is 21.6 Å². The van der Waals surface area contributed by atoms with Crippen molar-refractivity contribution in [2.45, 2.75) is 44.3 Å². The lowest BCUT2D eigenvalue weighted by molar-refractivity contribution is 0.0938. The van der Waals surface area contributed by atoms with E-state index in [9.17, 15) is 13.2 Å². The molecular weight excluding hydrogens is 312 g/mol. The molecule has 1 spiro atoms. The number of benzene rings is 1. The number of hydrogen-bond acceptors (Lipinski definition) is 3. The van der Waals surface area contributed by atoms with E-state index in [0.29, 0.717) is 22.6 Å². The molecule has 0 saturated heterocycles. The summed E-state index contributed by atoms with van der Waals surface area (Å²) >= 11 is 0. The second kappa shape index (κ2) is 5.23. The van der Waals surface area contributed by atoms with Gasteiger partial charge in [0.15, 0.2) is 0 Å². The number of carbonyl (C=O) groups excluding carboxylic acids is 1. The molecule has 0 bridgehead atoms. The minimum absolute atomic E-state index is 0.00557. The quantitative estimate of drug-likeness (QED) is 0.892. The highest BCUT2D eigenvalue weighted by atomic mass is 32.2. The Hall–Kier alpha value is -1.56. The molecule has 0 radical (unpaired) electrons. The fraction of sp³-hybridized carbons (Fsp3) is 0.588. The summed E-state index contributed by atoms with van der Waals surface area (Å²) in [4.78, 5) is 12.3. The van der Waals surface area contributed by atoms with Crippen molar-refractivity contribution in [3.63, 3.8) is 0 Å². The van der Waals surface area contributed by atoms with Crippen LogP contribution in [0.3, 0.4) is 0 Å². The van der Waals surface area contributed by atoms with Crippen molar-refractivity contribution in [2.24, 2.45) is 11.3 Å². The van der Waals surface area contributed by atoms with Crippen LogP contribution in [0, 0.1) is 11.3 Å². The van der Waals surface area contributed by atoms with Crippen LogP contribution >= 0.6 is 0 Å². The van der Waals surface area contributed by atoms with E-state index in [1.54, 1.807) is 18.2 Å². The minimum atomic E-state index is -3.27. The molecule has 2 fully saturated rings. The molecular formula is C17H22N2O3S. The van der Waals surface area contributed by atoms with E-state index < -0.39 is 10.0 Å². The zero-order chi connectivity index (χ0) is 16.1. The molecule has 2 saturated carbocycles. The Kier molecular flexibility index (Phi) is 3.41. The Bertz CT molecular complexity index is 753. The maximum Gasteiger partial charge on any atom is 0.251 e. The first-order valence-corrected chi connectivity index (χ1v) is 10.0. The number of anilines is 1. The van der Waals surface area contributed by atoms with E-state index in [1.807, 2.05) is 0 Å². The van der Waals surface area contributed by atoms with Crippen LogP contribution in [0.1, 0.15) is 54.4 Å². The fourth-order valence-electron chi connectivity index (χ4n) is 4.07. The van der Waals surface area contributed by atoms with Gasteiger partial charge in [0.25, 0.3) is 5.91 Å². The summed E-state index contributed by atoms with van der Waals surface area (Å²) in [6.45, 7) is 0.726. The van der Waals surface area contributed by atoms with Gasteiger partial charge < -0.3 is 5.32 Å². The molecule has 1 aliphatic heterocycles. The largest absolute Gasteiger partial charge is 0.352 e. The zero-order valence-corrected chi connectivity index (χ0v) is 13.9. The fourth-order valence-corrected chi connectivity index (χ4v) is 5.33. The smallest absolute Gasteiger partial charge is 0.251 e. The Balaban J connectivity index is 1.38. The van der Waals surface area contributed by atoms with Crippen LogP contribution in [-0.2, 0) is 15.8 Å². The van der Waals surface area contributed by atoms with Gasteiger partial charge in [-0.05, 0) is 61.1 Å². The lowest BCUT2D eigenvalue weighted by atomic mass is 9.79. The number of nitrogens with one attached hydrogen (secondary N) is 2. The monoisotopic (exact) mass is 334 g/mol. The van der Waals surface area contributed by atoms with Gasteiger partial charge in [-0.25, -0.2) is 8.42 Å². The maximum absolute atomic E-state index is 12.3. The molecule has 1 unspecified atom stereocenters. The van der Waals surface area contributed by atoms with E-state index in [0.717, 1.165) is 12.1 Å². The third-order valence-corrected chi connectivity index (χ3v) is 6.75.